The summed E-state index contributed by atoms with van der Waals surface area (Å²) < 4.78 is 5.82. The largest absolute Gasteiger partial charge is 0.450 e. The highest BCUT2D eigenvalue weighted by molar-refractivity contribution is 8.18. The lowest BCUT2D eigenvalue weighted by Crippen LogP contribution is -2.28. The van der Waals surface area contributed by atoms with Gasteiger partial charge in [0, 0.05) is 24.1 Å². The second-order valence-corrected chi connectivity index (χ2v) is 7.08. The maximum atomic E-state index is 12.4. The fraction of sp³-hybridized carbons (Fsp3) is 0.222. The van der Waals surface area contributed by atoms with Crippen molar-refractivity contribution in [1.29, 1.82) is 0 Å². The van der Waals surface area contributed by atoms with Gasteiger partial charge in [-0.1, -0.05) is 30.0 Å². The summed E-state index contributed by atoms with van der Waals surface area (Å²) in [5, 5.41) is 1.57. The predicted molar refractivity (Wildman–Crippen MR) is 100 cm³/mol. The van der Waals surface area contributed by atoms with Crippen LogP contribution in [0.3, 0.4) is 0 Å². The van der Waals surface area contributed by atoms with E-state index in [-0.39, 0.29) is 5.91 Å². The molecule has 2 aromatic rings. The van der Waals surface area contributed by atoms with Crippen molar-refractivity contribution in [2.75, 3.05) is 13.1 Å². The highest BCUT2D eigenvalue weighted by Gasteiger charge is 2.32. The smallest absolute Gasteiger partial charge is 0.266 e. The monoisotopic (exact) mass is 358 g/mol. The maximum Gasteiger partial charge on any atom is 0.266 e. The molecule has 0 spiro atoms. The third-order valence-corrected chi connectivity index (χ3v) is 5.31. The number of rotatable bonds is 5. The van der Waals surface area contributed by atoms with E-state index >= 15 is 0 Å². The van der Waals surface area contributed by atoms with E-state index in [1.54, 1.807) is 22.7 Å². The quantitative estimate of drug-likeness (QED) is 0.724. The Hall–Kier alpha value is -1.92. The number of amidine groups is 1. The van der Waals surface area contributed by atoms with Gasteiger partial charge in [0.1, 0.15) is 5.76 Å². The number of thioether (sulfide) groups is 1. The van der Waals surface area contributed by atoms with Crippen LogP contribution in [-0.2, 0) is 4.79 Å². The van der Waals surface area contributed by atoms with E-state index in [1.165, 1.54) is 11.8 Å². The van der Waals surface area contributed by atoms with Crippen LogP contribution >= 0.6 is 23.5 Å². The second kappa shape index (κ2) is 7.77. The molecule has 0 N–H and O–H groups in total. The van der Waals surface area contributed by atoms with Gasteiger partial charge < -0.3 is 4.42 Å². The normalized spacial score (nSPS) is 18.1. The van der Waals surface area contributed by atoms with Crippen molar-refractivity contribution in [3.63, 3.8) is 0 Å². The first-order valence-corrected chi connectivity index (χ1v) is 9.43. The van der Waals surface area contributed by atoms with Crippen molar-refractivity contribution in [2.45, 2.75) is 23.8 Å². The molecule has 1 aliphatic heterocycles. The fourth-order valence-electron chi connectivity index (χ4n) is 2.24. The highest BCUT2D eigenvalue weighted by atomic mass is 32.2. The average molecular weight is 358 g/mol. The SMILES string of the molecule is CCN=C1S/C(=C/c2ccc(Sc3ccccc3)o2)C(=O)N1CC. The van der Waals surface area contributed by atoms with Gasteiger partial charge in [-0.25, -0.2) is 0 Å². The molecule has 0 radical (unpaired) electrons. The molecule has 1 amide bonds. The molecule has 1 saturated heterocycles. The lowest BCUT2D eigenvalue weighted by Gasteiger charge is -2.11. The van der Waals surface area contributed by atoms with Crippen LogP contribution in [0.1, 0.15) is 19.6 Å². The molecule has 0 saturated carbocycles. The molecule has 0 aliphatic carbocycles. The summed E-state index contributed by atoms with van der Waals surface area (Å²) >= 11 is 2.96. The summed E-state index contributed by atoms with van der Waals surface area (Å²) in [6, 6.07) is 13.9. The Morgan fingerprint density at radius 2 is 2.00 bits per heavy atom. The summed E-state index contributed by atoms with van der Waals surface area (Å²) in [4.78, 5) is 20.3. The van der Waals surface area contributed by atoms with Crippen molar-refractivity contribution in [3.05, 3.63) is 53.1 Å². The summed E-state index contributed by atoms with van der Waals surface area (Å²) in [5.41, 5.74) is 0. The number of hydrogen-bond acceptors (Lipinski definition) is 5. The van der Waals surface area contributed by atoms with E-state index in [9.17, 15) is 4.79 Å². The van der Waals surface area contributed by atoms with Gasteiger partial charge in [-0.2, -0.15) is 0 Å². The molecule has 24 heavy (non-hydrogen) atoms. The number of benzene rings is 1. The maximum absolute atomic E-state index is 12.4. The topological polar surface area (TPSA) is 45.8 Å². The zero-order valence-electron chi connectivity index (χ0n) is 13.6. The van der Waals surface area contributed by atoms with Crippen LogP contribution in [0.4, 0.5) is 0 Å². The standard InChI is InChI=1S/C18H18N2O2S2/c1-3-19-18-20(4-2)17(21)15(24-18)12-13-10-11-16(22-13)23-14-8-6-5-7-9-14/h5-12H,3-4H2,1-2H3/b15-12+,19-18?. The van der Waals surface area contributed by atoms with Gasteiger partial charge >= 0.3 is 0 Å². The third-order valence-electron chi connectivity index (χ3n) is 3.33. The lowest BCUT2D eigenvalue weighted by molar-refractivity contribution is -0.122. The number of nitrogens with zero attached hydrogens (tertiary/aromatic N) is 2. The molecule has 1 aromatic carbocycles. The van der Waals surface area contributed by atoms with Gasteiger partial charge in [-0.15, -0.1) is 0 Å². The van der Waals surface area contributed by atoms with Crippen molar-refractivity contribution in [2.24, 2.45) is 4.99 Å². The average Bonchev–Trinajstić information content (AvgIpc) is 3.14. The Morgan fingerprint density at radius 1 is 1.21 bits per heavy atom. The minimum absolute atomic E-state index is 0.0108. The van der Waals surface area contributed by atoms with Gasteiger partial charge in [-0.3, -0.25) is 14.7 Å². The zero-order valence-corrected chi connectivity index (χ0v) is 15.2. The molecule has 6 heteroatoms. The van der Waals surface area contributed by atoms with Crippen molar-refractivity contribution >= 4 is 40.7 Å². The van der Waals surface area contributed by atoms with E-state index in [2.05, 4.69) is 4.99 Å². The van der Waals surface area contributed by atoms with E-state index in [0.29, 0.717) is 23.8 Å². The molecule has 0 atom stereocenters. The van der Waals surface area contributed by atoms with Gasteiger partial charge in [0.2, 0.25) is 0 Å². The predicted octanol–water partition coefficient (Wildman–Crippen LogP) is 4.74. The van der Waals surface area contributed by atoms with Crippen molar-refractivity contribution < 1.29 is 9.21 Å². The van der Waals surface area contributed by atoms with Crippen LogP contribution in [0.5, 0.6) is 0 Å². The van der Waals surface area contributed by atoms with E-state index in [0.717, 1.165) is 15.2 Å². The molecule has 1 aromatic heterocycles. The molecule has 3 rings (SSSR count). The lowest BCUT2D eigenvalue weighted by atomic mass is 10.3. The number of furan rings is 1. The highest BCUT2D eigenvalue weighted by Crippen LogP contribution is 2.34. The van der Waals surface area contributed by atoms with Crippen LogP contribution in [-0.4, -0.2) is 29.1 Å². The Balaban J connectivity index is 1.77. The first-order valence-electron chi connectivity index (χ1n) is 7.80. The summed E-state index contributed by atoms with van der Waals surface area (Å²) in [6.07, 6.45) is 1.79. The Bertz CT molecular complexity index is 781. The van der Waals surface area contributed by atoms with Crippen molar-refractivity contribution in [1.82, 2.24) is 4.90 Å². The van der Waals surface area contributed by atoms with E-state index in [1.807, 2.05) is 56.3 Å². The first kappa shape index (κ1) is 16.9. The van der Waals surface area contributed by atoms with Gasteiger partial charge in [-0.05, 0) is 49.9 Å². The van der Waals surface area contributed by atoms with Gasteiger partial charge in [0.05, 0.1) is 4.91 Å². The molecular formula is C18H18N2O2S2. The van der Waals surface area contributed by atoms with Crippen LogP contribution in [0.25, 0.3) is 6.08 Å². The van der Waals surface area contributed by atoms with Gasteiger partial charge in [0.25, 0.3) is 5.91 Å². The molecule has 1 aliphatic rings. The summed E-state index contributed by atoms with van der Waals surface area (Å²) in [5.74, 6) is 0.668. The Kier molecular flexibility index (Phi) is 5.48. The first-order chi connectivity index (χ1) is 11.7. The number of likely N-dealkylation sites (N-methyl/N-ethyl adjacent to an activating group) is 1. The number of hydrogen-bond donors (Lipinski definition) is 0. The molecule has 4 nitrogen and oxygen atoms in total. The number of carbonyl (C=O) groups is 1. The summed E-state index contributed by atoms with van der Waals surface area (Å²) in [6.45, 7) is 5.20. The minimum atomic E-state index is -0.0108. The van der Waals surface area contributed by atoms with Crippen LogP contribution in [0, 0.1) is 0 Å². The number of carbonyl (C=O) groups excluding carboxylic acids is 1. The number of amides is 1. The van der Waals surface area contributed by atoms with Crippen LogP contribution in [0.2, 0.25) is 0 Å². The van der Waals surface area contributed by atoms with E-state index < -0.39 is 0 Å². The third kappa shape index (κ3) is 3.76. The molecule has 0 bridgehead atoms. The van der Waals surface area contributed by atoms with Crippen LogP contribution in [0.15, 0.2) is 66.8 Å². The van der Waals surface area contributed by atoms with Crippen molar-refractivity contribution in [3.8, 4) is 0 Å². The minimum Gasteiger partial charge on any atom is -0.450 e. The fourth-order valence-corrected chi connectivity index (χ4v) is 4.13. The second-order valence-electron chi connectivity index (χ2n) is 4.99. The Labute approximate surface area is 150 Å². The Morgan fingerprint density at radius 3 is 2.71 bits per heavy atom. The van der Waals surface area contributed by atoms with Crippen LogP contribution < -0.4 is 0 Å². The molecule has 124 valence electrons. The zero-order chi connectivity index (χ0) is 16.9. The molecular weight excluding hydrogens is 340 g/mol. The number of aliphatic imine (C=N–C) groups is 1. The van der Waals surface area contributed by atoms with Gasteiger partial charge in [0.15, 0.2) is 10.3 Å². The molecule has 1 fully saturated rings. The molecule has 0 unspecified atom stereocenters. The summed E-state index contributed by atoms with van der Waals surface area (Å²) in [7, 11) is 0. The molecule has 2 heterocycles. The van der Waals surface area contributed by atoms with E-state index in [4.69, 9.17) is 4.42 Å².